The lowest BCUT2D eigenvalue weighted by Crippen LogP contribution is -2.30. The highest BCUT2D eigenvalue weighted by molar-refractivity contribution is 5.90. The molecule has 21 heavy (non-hydrogen) atoms. The number of nitro groups is 1. The number of aromatic nitrogens is 2. The number of anilines is 1. The van der Waals surface area contributed by atoms with Crippen LogP contribution in [0.25, 0.3) is 10.9 Å². The SMILES string of the molecule is CC(Nc1ncnc2ccc([N+](=O)[O-])cc12)C1CCCO1. The first kappa shape index (κ1) is 13.7. The van der Waals surface area contributed by atoms with Crippen molar-refractivity contribution in [3.8, 4) is 0 Å². The first-order valence-corrected chi connectivity index (χ1v) is 6.92. The van der Waals surface area contributed by atoms with E-state index in [1.165, 1.54) is 18.5 Å². The molecule has 1 N–H and O–H groups in total. The minimum atomic E-state index is -0.417. The zero-order valence-electron chi connectivity index (χ0n) is 11.7. The van der Waals surface area contributed by atoms with Crippen molar-refractivity contribution >= 4 is 22.4 Å². The molecular weight excluding hydrogens is 272 g/mol. The Labute approximate surface area is 121 Å². The molecule has 0 spiro atoms. The second-order valence-corrected chi connectivity index (χ2v) is 5.17. The van der Waals surface area contributed by atoms with E-state index in [4.69, 9.17) is 4.74 Å². The summed E-state index contributed by atoms with van der Waals surface area (Å²) in [5, 5.41) is 14.9. The molecule has 1 aliphatic rings. The van der Waals surface area contributed by atoms with Gasteiger partial charge in [-0.3, -0.25) is 10.1 Å². The molecule has 2 aromatic rings. The van der Waals surface area contributed by atoms with Crippen molar-refractivity contribution in [3.05, 3.63) is 34.6 Å². The number of nitrogens with zero attached hydrogens (tertiary/aromatic N) is 3. The van der Waals surface area contributed by atoms with Crippen LogP contribution in [-0.4, -0.2) is 33.6 Å². The van der Waals surface area contributed by atoms with Crippen molar-refractivity contribution in [3.63, 3.8) is 0 Å². The van der Waals surface area contributed by atoms with Gasteiger partial charge in [0.2, 0.25) is 0 Å². The largest absolute Gasteiger partial charge is 0.376 e. The van der Waals surface area contributed by atoms with Gasteiger partial charge in [0, 0.05) is 24.1 Å². The van der Waals surface area contributed by atoms with Gasteiger partial charge in [-0.05, 0) is 25.8 Å². The summed E-state index contributed by atoms with van der Waals surface area (Å²) in [6.45, 7) is 2.81. The van der Waals surface area contributed by atoms with Crippen LogP contribution in [0.1, 0.15) is 19.8 Å². The van der Waals surface area contributed by atoms with E-state index in [0.29, 0.717) is 16.7 Å². The molecule has 2 atom stereocenters. The van der Waals surface area contributed by atoms with Crippen molar-refractivity contribution in [1.82, 2.24) is 9.97 Å². The third-order valence-corrected chi connectivity index (χ3v) is 3.72. The Morgan fingerprint density at radius 1 is 1.48 bits per heavy atom. The van der Waals surface area contributed by atoms with Crippen LogP contribution in [0.2, 0.25) is 0 Å². The van der Waals surface area contributed by atoms with E-state index in [0.717, 1.165) is 19.4 Å². The topological polar surface area (TPSA) is 90.2 Å². The molecule has 0 aliphatic carbocycles. The lowest BCUT2D eigenvalue weighted by atomic mass is 10.1. The van der Waals surface area contributed by atoms with Crippen LogP contribution in [-0.2, 0) is 4.74 Å². The molecule has 1 saturated heterocycles. The third-order valence-electron chi connectivity index (χ3n) is 3.72. The summed E-state index contributed by atoms with van der Waals surface area (Å²) in [5.41, 5.74) is 0.711. The second-order valence-electron chi connectivity index (χ2n) is 5.17. The van der Waals surface area contributed by atoms with E-state index in [2.05, 4.69) is 15.3 Å². The fourth-order valence-corrected chi connectivity index (χ4v) is 2.58. The number of non-ortho nitro benzene ring substituents is 1. The quantitative estimate of drug-likeness (QED) is 0.686. The molecule has 7 nitrogen and oxygen atoms in total. The minimum absolute atomic E-state index is 0.0325. The lowest BCUT2D eigenvalue weighted by molar-refractivity contribution is -0.384. The fraction of sp³-hybridized carbons (Fsp3) is 0.429. The van der Waals surface area contributed by atoms with Gasteiger partial charge >= 0.3 is 0 Å². The summed E-state index contributed by atoms with van der Waals surface area (Å²) in [6, 6.07) is 4.67. The van der Waals surface area contributed by atoms with Gasteiger partial charge in [0.25, 0.3) is 5.69 Å². The molecule has 1 fully saturated rings. The Bertz CT molecular complexity index is 670. The third kappa shape index (κ3) is 2.78. The number of nitro benzene ring substituents is 1. The summed E-state index contributed by atoms with van der Waals surface area (Å²) >= 11 is 0. The van der Waals surface area contributed by atoms with Gasteiger partial charge in [-0.25, -0.2) is 9.97 Å². The number of hydrogen-bond donors (Lipinski definition) is 1. The molecule has 0 bridgehead atoms. The standard InChI is InChI=1S/C14H16N4O3/c1-9(13-3-2-6-21-13)17-14-11-7-10(18(19)20)4-5-12(11)15-8-16-14/h4-5,7-9,13H,2-3,6H2,1H3,(H,15,16,17). The molecule has 0 amide bonds. The second kappa shape index (κ2) is 5.61. The van der Waals surface area contributed by atoms with Crippen LogP contribution in [0, 0.1) is 10.1 Å². The number of ether oxygens (including phenoxy) is 1. The fourth-order valence-electron chi connectivity index (χ4n) is 2.58. The normalized spacial score (nSPS) is 19.6. The monoisotopic (exact) mass is 288 g/mol. The summed E-state index contributed by atoms with van der Waals surface area (Å²) in [7, 11) is 0. The Balaban J connectivity index is 1.93. The van der Waals surface area contributed by atoms with E-state index in [9.17, 15) is 10.1 Å². The average Bonchev–Trinajstić information content (AvgIpc) is 3.01. The van der Waals surface area contributed by atoms with Gasteiger partial charge in [-0.15, -0.1) is 0 Å². The van der Waals surface area contributed by atoms with Crippen LogP contribution >= 0.6 is 0 Å². The van der Waals surface area contributed by atoms with Crippen LogP contribution in [0.5, 0.6) is 0 Å². The zero-order valence-corrected chi connectivity index (χ0v) is 11.7. The Kier molecular flexibility index (Phi) is 3.66. The number of rotatable bonds is 4. The van der Waals surface area contributed by atoms with Crippen LogP contribution < -0.4 is 5.32 Å². The molecule has 2 heterocycles. The number of fused-ring (bicyclic) bond motifs is 1. The van der Waals surface area contributed by atoms with Crippen LogP contribution in [0.3, 0.4) is 0 Å². The molecule has 2 unspecified atom stereocenters. The Morgan fingerprint density at radius 2 is 2.33 bits per heavy atom. The van der Waals surface area contributed by atoms with Gasteiger partial charge < -0.3 is 10.1 Å². The smallest absolute Gasteiger partial charge is 0.270 e. The first-order valence-electron chi connectivity index (χ1n) is 6.92. The van der Waals surface area contributed by atoms with Gasteiger partial charge in [-0.2, -0.15) is 0 Å². The average molecular weight is 288 g/mol. The zero-order chi connectivity index (χ0) is 14.8. The Morgan fingerprint density at radius 3 is 3.05 bits per heavy atom. The molecule has 0 saturated carbocycles. The van der Waals surface area contributed by atoms with E-state index >= 15 is 0 Å². The van der Waals surface area contributed by atoms with E-state index in [1.54, 1.807) is 6.07 Å². The maximum absolute atomic E-state index is 10.9. The van der Waals surface area contributed by atoms with Gasteiger partial charge in [0.1, 0.15) is 12.1 Å². The highest BCUT2D eigenvalue weighted by atomic mass is 16.6. The molecule has 110 valence electrons. The molecule has 3 rings (SSSR count). The summed E-state index contributed by atoms with van der Waals surface area (Å²) in [5.74, 6) is 0.603. The van der Waals surface area contributed by atoms with E-state index in [1.807, 2.05) is 6.92 Å². The number of benzene rings is 1. The molecular formula is C14H16N4O3. The highest BCUT2D eigenvalue weighted by Gasteiger charge is 2.23. The minimum Gasteiger partial charge on any atom is -0.376 e. The molecule has 1 aromatic carbocycles. The maximum Gasteiger partial charge on any atom is 0.270 e. The summed E-state index contributed by atoms with van der Waals surface area (Å²) in [4.78, 5) is 18.9. The maximum atomic E-state index is 10.9. The first-order chi connectivity index (χ1) is 10.1. The van der Waals surface area contributed by atoms with Gasteiger partial charge in [-0.1, -0.05) is 0 Å². The summed E-state index contributed by atoms with van der Waals surface area (Å²) in [6.07, 6.45) is 3.68. The van der Waals surface area contributed by atoms with Crippen molar-refractivity contribution < 1.29 is 9.66 Å². The number of nitrogens with one attached hydrogen (secondary N) is 1. The lowest BCUT2D eigenvalue weighted by Gasteiger charge is -2.21. The molecule has 0 radical (unpaired) electrons. The number of hydrogen-bond acceptors (Lipinski definition) is 6. The van der Waals surface area contributed by atoms with E-state index in [-0.39, 0.29) is 17.8 Å². The molecule has 1 aliphatic heterocycles. The predicted molar refractivity (Wildman–Crippen MR) is 78.3 cm³/mol. The van der Waals surface area contributed by atoms with Crippen LogP contribution in [0.15, 0.2) is 24.5 Å². The molecule has 1 aromatic heterocycles. The van der Waals surface area contributed by atoms with Crippen molar-refractivity contribution in [2.75, 3.05) is 11.9 Å². The van der Waals surface area contributed by atoms with Crippen LogP contribution in [0.4, 0.5) is 11.5 Å². The van der Waals surface area contributed by atoms with Gasteiger partial charge in [0.05, 0.1) is 22.6 Å². The van der Waals surface area contributed by atoms with E-state index < -0.39 is 4.92 Å². The van der Waals surface area contributed by atoms with Crippen molar-refractivity contribution in [2.24, 2.45) is 0 Å². The van der Waals surface area contributed by atoms with Gasteiger partial charge in [0.15, 0.2) is 0 Å². The van der Waals surface area contributed by atoms with Crippen molar-refractivity contribution in [2.45, 2.75) is 31.9 Å². The highest BCUT2D eigenvalue weighted by Crippen LogP contribution is 2.26. The molecule has 7 heteroatoms. The summed E-state index contributed by atoms with van der Waals surface area (Å²) < 4.78 is 5.65. The van der Waals surface area contributed by atoms with Crippen molar-refractivity contribution in [1.29, 1.82) is 0 Å². The predicted octanol–water partition coefficient (Wildman–Crippen LogP) is 2.52. The Hall–Kier alpha value is -2.28.